The zero-order chi connectivity index (χ0) is 15.4. The lowest BCUT2D eigenvalue weighted by Gasteiger charge is -2.02. The van der Waals surface area contributed by atoms with Crippen LogP contribution in [0.25, 0.3) is 10.6 Å². The van der Waals surface area contributed by atoms with E-state index >= 15 is 0 Å². The zero-order valence-corrected chi connectivity index (χ0v) is 12.9. The van der Waals surface area contributed by atoms with E-state index in [9.17, 15) is 4.79 Å². The SMILES string of the molecule is Cc1ccc(-c2nc(CNC(=O)c3cccnc3)cs2)cc1. The van der Waals surface area contributed by atoms with Gasteiger partial charge in [0.15, 0.2) is 0 Å². The van der Waals surface area contributed by atoms with E-state index in [4.69, 9.17) is 0 Å². The van der Waals surface area contributed by atoms with Crippen molar-refractivity contribution in [1.82, 2.24) is 15.3 Å². The summed E-state index contributed by atoms with van der Waals surface area (Å²) < 4.78 is 0. The summed E-state index contributed by atoms with van der Waals surface area (Å²) >= 11 is 1.58. The van der Waals surface area contributed by atoms with Gasteiger partial charge in [0, 0.05) is 23.3 Å². The number of thiazole rings is 1. The lowest BCUT2D eigenvalue weighted by atomic mass is 10.2. The molecule has 3 rings (SSSR count). The maximum absolute atomic E-state index is 12.0. The summed E-state index contributed by atoms with van der Waals surface area (Å²) in [5.41, 5.74) is 3.74. The molecule has 0 saturated carbocycles. The van der Waals surface area contributed by atoms with Crippen LogP contribution in [0.1, 0.15) is 21.6 Å². The summed E-state index contributed by atoms with van der Waals surface area (Å²) in [7, 11) is 0. The van der Waals surface area contributed by atoms with Gasteiger partial charge in [0.1, 0.15) is 5.01 Å². The van der Waals surface area contributed by atoms with Gasteiger partial charge in [-0.15, -0.1) is 11.3 Å². The average molecular weight is 309 g/mol. The Kier molecular flexibility index (Phi) is 4.25. The molecule has 0 aliphatic heterocycles. The summed E-state index contributed by atoms with van der Waals surface area (Å²) in [6.45, 7) is 2.47. The van der Waals surface area contributed by atoms with Crippen molar-refractivity contribution >= 4 is 17.2 Å². The summed E-state index contributed by atoms with van der Waals surface area (Å²) in [6, 6.07) is 11.7. The molecule has 0 unspecified atom stereocenters. The number of hydrogen-bond donors (Lipinski definition) is 1. The molecule has 2 aromatic heterocycles. The first-order chi connectivity index (χ1) is 10.7. The number of benzene rings is 1. The minimum absolute atomic E-state index is 0.141. The standard InChI is InChI=1S/C17H15N3OS/c1-12-4-6-13(7-5-12)17-20-15(11-22-17)10-19-16(21)14-3-2-8-18-9-14/h2-9,11H,10H2,1H3,(H,19,21). The Hall–Kier alpha value is -2.53. The third kappa shape index (κ3) is 3.38. The Morgan fingerprint density at radius 3 is 2.77 bits per heavy atom. The molecule has 1 N–H and O–H groups in total. The smallest absolute Gasteiger partial charge is 0.253 e. The van der Waals surface area contributed by atoms with E-state index in [1.54, 1.807) is 35.9 Å². The monoisotopic (exact) mass is 309 g/mol. The fourth-order valence-corrected chi connectivity index (χ4v) is 2.81. The third-order valence-corrected chi connectivity index (χ3v) is 4.14. The highest BCUT2D eigenvalue weighted by molar-refractivity contribution is 7.13. The molecule has 1 aromatic carbocycles. The van der Waals surface area contributed by atoms with Gasteiger partial charge in [-0.1, -0.05) is 29.8 Å². The molecule has 1 amide bonds. The van der Waals surface area contributed by atoms with Crippen LogP contribution in [0, 0.1) is 6.92 Å². The van der Waals surface area contributed by atoms with E-state index in [2.05, 4.69) is 46.5 Å². The number of carbonyl (C=O) groups is 1. The highest BCUT2D eigenvalue weighted by Gasteiger charge is 2.08. The van der Waals surface area contributed by atoms with Crippen molar-refractivity contribution < 1.29 is 4.79 Å². The van der Waals surface area contributed by atoms with Gasteiger partial charge in [0.2, 0.25) is 0 Å². The molecule has 110 valence electrons. The van der Waals surface area contributed by atoms with Crippen molar-refractivity contribution in [3.63, 3.8) is 0 Å². The highest BCUT2D eigenvalue weighted by Crippen LogP contribution is 2.23. The van der Waals surface area contributed by atoms with Gasteiger partial charge in [-0.3, -0.25) is 9.78 Å². The molecule has 2 heterocycles. The largest absolute Gasteiger partial charge is 0.346 e. The maximum atomic E-state index is 12.0. The minimum atomic E-state index is -0.141. The number of nitrogens with one attached hydrogen (secondary N) is 1. The summed E-state index contributed by atoms with van der Waals surface area (Å²) in [5, 5.41) is 5.79. The second-order valence-corrected chi connectivity index (χ2v) is 5.79. The van der Waals surface area contributed by atoms with Gasteiger partial charge < -0.3 is 5.32 Å². The van der Waals surface area contributed by atoms with Crippen molar-refractivity contribution in [2.24, 2.45) is 0 Å². The zero-order valence-electron chi connectivity index (χ0n) is 12.1. The topological polar surface area (TPSA) is 54.9 Å². The van der Waals surface area contributed by atoms with Gasteiger partial charge in [-0.05, 0) is 19.1 Å². The van der Waals surface area contributed by atoms with E-state index in [0.29, 0.717) is 12.1 Å². The number of pyridine rings is 1. The molecule has 0 bridgehead atoms. The Balaban J connectivity index is 1.65. The first-order valence-corrected chi connectivity index (χ1v) is 7.80. The van der Waals surface area contributed by atoms with E-state index in [1.165, 1.54) is 5.56 Å². The number of aryl methyl sites for hydroxylation is 1. The van der Waals surface area contributed by atoms with Crippen LogP contribution in [0.4, 0.5) is 0 Å². The van der Waals surface area contributed by atoms with Crippen molar-refractivity contribution in [2.45, 2.75) is 13.5 Å². The van der Waals surface area contributed by atoms with Crippen LogP contribution in [-0.4, -0.2) is 15.9 Å². The molecule has 0 aliphatic carbocycles. The van der Waals surface area contributed by atoms with Crippen LogP contribution >= 0.6 is 11.3 Å². The number of amides is 1. The maximum Gasteiger partial charge on any atom is 0.253 e. The van der Waals surface area contributed by atoms with E-state index in [0.717, 1.165) is 16.3 Å². The van der Waals surface area contributed by atoms with Gasteiger partial charge in [-0.25, -0.2) is 4.98 Å². The number of nitrogens with zero attached hydrogens (tertiary/aromatic N) is 2. The number of carbonyl (C=O) groups excluding carboxylic acids is 1. The molecule has 0 radical (unpaired) electrons. The number of rotatable bonds is 4. The van der Waals surface area contributed by atoms with E-state index in [1.807, 2.05) is 5.38 Å². The highest BCUT2D eigenvalue weighted by atomic mass is 32.1. The van der Waals surface area contributed by atoms with E-state index < -0.39 is 0 Å². The van der Waals surface area contributed by atoms with Crippen molar-refractivity contribution in [3.8, 4) is 10.6 Å². The molecule has 0 atom stereocenters. The lowest BCUT2D eigenvalue weighted by Crippen LogP contribution is -2.22. The van der Waals surface area contributed by atoms with Crippen LogP contribution in [0.5, 0.6) is 0 Å². The predicted octanol–water partition coefficient (Wildman–Crippen LogP) is 3.44. The minimum Gasteiger partial charge on any atom is -0.346 e. The Morgan fingerprint density at radius 1 is 1.23 bits per heavy atom. The van der Waals surface area contributed by atoms with Crippen LogP contribution in [0.15, 0.2) is 54.2 Å². The molecule has 3 aromatic rings. The summed E-state index contributed by atoms with van der Waals surface area (Å²) in [6.07, 6.45) is 3.19. The molecule has 0 spiro atoms. The first kappa shape index (κ1) is 14.4. The fourth-order valence-electron chi connectivity index (χ4n) is 1.99. The molecule has 5 heteroatoms. The lowest BCUT2D eigenvalue weighted by molar-refractivity contribution is 0.0950. The molecule has 0 fully saturated rings. The number of hydrogen-bond acceptors (Lipinski definition) is 4. The van der Waals surface area contributed by atoms with Crippen LogP contribution in [0.2, 0.25) is 0 Å². The van der Waals surface area contributed by atoms with Gasteiger partial charge in [0.25, 0.3) is 5.91 Å². The second-order valence-electron chi connectivity index (χ2n) is 4.93. The van der Waals surface area contributed by atoms with Crippen molar-refractivity contribution in [3.05, 3.63) is 71.0 Å². The van der Waals surface area contributed by atoms with Gasteiger partial charge in [0.05, 0.1) is 17.8 Å². The van der Waals surface area contributed by atoms with E-state index in [-0.39, 0.29) is 5.91 Å². The third-order valence-electron chi connectivity index (χ3n) is 3.20. The van der Waals surface area contributed by atoms with Crippen LogP contribution < -0.4 is 5.32 Å². The molecule has 4 nitrogen and oxygen atoms in total. The molecule has 0 aliphatic rings. The van der Waals surface area contributed by atoms with Crippen molar-refractivity contribution in [1.29, 1.82) is 0 Å². The van der Waals surface area contributed by atoms with Gasteiger partial charge in [-0.2, -0.15) is 0 Å². The second kappa shape index (κ2) is 6.49. The molecular formula is C17H15N3OS. The van der Waals surface area contributed by atoms with Crippen LogP contribution in [-0.2, 0) is 6.54 Å². The summed E-state index contributed by atoms with van der Waals surface area (Å²) in [4.78, 5) is 20.5. The van der Waals surface area contributed by atoms with Gasteiger partial charge >= 0.3 is 0 Å². The molecular weight excluding hydrogens is 294 g/mol. The van der Waals surface area contributed by atoms with Crippen molar-refractivity contribution in [2.75, 3.05) is 0 Å². The quantitative estimate of drug-likeness (QED) is 0.803. The molecule has 22 heavy (non-hydrogen) atoms. The van der Waals surface area contributed by atoms with Crippen LogP contribution in [0.3, 0.4) is 0 Å². The fraction of sp³-hybridized carbons (Fsp3) is 0.118. The Morgan fingerprint density at radius 2 is 2.05 bits per heavy atom. The Bertz CT molecular complexity index is 766. The predicted molar refractivity (Wildman–Crippen MR) is 87.7 cm³/mol. The first-order valence-electron chi connectivity index (χ1n) is 6.92. The normalized spacial score (nSPS) is 10.4. The Labute approximate surface area is 132 Å². The number of aromatic nitrogens is 2. The summed E-state index contributed by atoms with van der Waals surface area (Å²) in [5.74, 6) is -0.141. The molecule has 0 saturated heterocycles. The average Bonchev–Trinajstić information content (AvgIpc) is 3.03.